The third-order valence-electron chi connectivity index (χ3n) is 23.6. The van der Waals surface area contributed by atoms with Crippen molar-refractivity contribution in [2.24, 2.45) is 35.0 Å². The zero-order chi connectivity index (χ0) is 105. The fraction of sp³-hybridized carbons (Fsp3) is 0.578. The lowest BCUT2D eigenvalue weighted by molar-refractivity contribution is -0.142. The fourth-order valence-electron chi connectivity index (χ4n) is 15.3. The molecule has 4 heterocycles. The monoisotopic (exact) mass is 2040 g/mol. The second-order valence-corrected chi connectivity index (χ2v) is 37.6. The summed E-state index contributed by atoms with van der Waals surface area (Å²) < 4.78 is 0. The summed E-state index contributed by atoms with van der Waals surface area (Å²) in [7, 11) is 0. The molecule has 4 aromatic rings. The Morgan fingerprint density at radius 2 is 1.05 bits per heavy atom. The number of benzene rings is 2. The highest BCUT2D eigenvalue weighted by atomic mass is 32.2. The maximum atomic E-state index is 15.0. The van der Waals surface area contributed by atoms with E-state index >= 15 is 0 Å². The number of carbonyl (C=O) groups excluding carboxylic acids is 19. The van der Waals surface area contributed by atoms with Crippen molar-refractivity contribution in [1.29, 1.82) is 5.41 Å². The van der Waals surface area contributed by atoms with Gasteiger partial charge in [-0.1, -0.05) is 78.3 Å². The molecule has 0 unspecified atom stereocenters. The third-order valence-corrected chi connectivity index (χ3v) is 25.3. The maximum Gasteiger partial charge on any atom is 0.322 e. The number of aromatic amines is 2. The van der Waals surface area contributed by atoms with Crippen molar-refractivity contribution >= 4 is 171 Å². The summed E-state index contributed by atoms with van der Waals surface area (Å²) in [5.74, 6) is -20.3. The molecule has 17 atom stereocenters. The molecule has 2 saturated heterocycles. The Morgan fingerprint density at radius 3 is 1.64 bits per heavy atom. The van der Waals surface area contributed by atoms with Crippen LogP contribution >= 0.6 is 36.2 Å². The molecule has 0 aliphatic carbocycles. The number of nitrogens with two attached hydrogens (primary N) is 3. The number of aliphatic carboxylic acids is 1. The minimum Gasteiger partial charge on any atom is -0.508 e. The number of aliphatic hydroxyl groups excluding tert-OH is 1. The lowest BCUT2D eigenvalue weighted by atomic mass is 9.96. The van der Waals surface area contributed by atoms with Gasteiger partial charge in [0.1, 0.15) is 96.9 Å². The molecule has 2 fully saturated rings. The number of carbonyl (C=O) groups is 20. The zero-order valence-electron chi connectivity index (χ0n) is 80.9. The Kier molecular flexibility index (Phi) is 48.6. The molecular weight excluding hydrogens is 1910 g/mol. The van der Waals surface area contributed by atoms with Crippen LogP contribution in [0, 0.1) is 23.2 Å². The maximum absolute atomic E-state index is 15.0. The number of para-hydroxylation sites is 1. The number of carboxylic acid groups (broad SMARTS) is 1. The number of aromatic nitrogens is 3. The number of amides is 19. The predicted octanol–water partition coefficient (Wildman–Crippen LogP) is -6.37. The molecule has 29 N–H and O–H groups in total. The van der Waals surface area contributed by atoms with E-state index in [4.69, 9.17) is 27.7 Å². The minimum absolute atomic E-state index is 0.00853. The van der Waals surface area contributed by atoms with E-state index < -0.39 is 259 Å². The highest BCUT2D eigenvalue weighted by molar-refractivity contribution is 7.98. The number of aromatic hydroxyl groups is 1. The molecule has 52 heteroatoms. The van der Waals surface area contributed by atoms with Gasteiger partial charge in [-0.15, -0.1) is 0 Å². The summed E-state index contributed by atoms with van der Waals surface area (Å²) in [4.78, 5) is 290. The number of hydrogen-bond acceptors (Lipinski definition) is 28. The van der Waals surface area contributed by atoms with E-state index in [0.717, 1.165) is 0 Å². The average molecular weight is 2050 g/mol. The second-order valence-electron chi connectivity index (χ2n) is 35.2. The van der Waals surface area contributed by atoms with Crippen LogP contribution in [0.4, 0.5) is 0 Å². The number of likely N-dealkylation sites (tertiary alicyclic amines) is 2. The van der Waals surface area contributed by atoms with Gasteiger partial charge >= 0.3 is 5.97 Å². The van der Waals surface area contributed by atoms with Crippen molar-refractivity contribution in [3.63, 3.8) is 0 Å². The number of H-pyrrole nitrogens is 2. The van der Waals surface area contributed by atoms with Crippen LogP contribution in [0.3, 0.4) is 0 Å². The summed E-state index contributed by atoms with van der Waals surface area (Å²) in [5, 5.41) is 81.8. The van der Waals surface area contributed by atoms with Crippen LogP contribution in [0.1, 0.15) is 136 Å². The number of carboxylic acids is 1. The molecule has 0 radical (unpaired) electrons. The standard InChI is InChI=1S/C90H136N26O23S3/c1-11-47(6)73(87(137)114-74(49(8)117)88(138)110-60(34-51-37-97-55-18-13-12-17-54(51)55)81(131)112-72(46(4)5)86(136)111-63(43-140)82(132)107-58(19-14-28-96-90(93)94)89(139)116-30-16-20-64(116)83(133)99-39-67(120)98-42-70(123)124)113-84(134)65-21-15-29-115(65)69(122)41-101-76(126)56(26-31-141-9)105-79(129)61(35-52-38-95-44-102-52)108-75(125)48(7)103-77(127)57(27-32-142-10)106-78(128)59(33-50-22-24-53(118)25-23-50)109-80(130)62(36-66(91)119)104-68(121)40-100-85(135)71(92)45(2)3/h12-13,17-18,22-25,37-38,44-49,56-65,71-74,97,117-118,140H,11,14-16,19-21,26-36,39-43,92H2,1-10H3,(H2,91,119)(H,95,102)(H,98,120)(H,99,133)(H,100,135)(H,101,126)(H,103,127)(H,104,121)(H,105,129)(H,106,128)(H,107,132)(H,108,125)(H,109,130)(H,110,138)(H,111,136)(H,112,131)(H,113,134)(H,114,137)(H,123,124)(H4,93,94,96)/t47-,48-,49+,56-,57-,58-,59-,60-,61-,62-,63-,64-,65-,71-,72-,73-,74-/m0/s1. The molecule has 2 aliphatic heterocycles. The Bertz CT molecular complexity index is 5050. The number of imidazole rings is 1. The quantitative estimate of drug-likeness (QED) is 0.00846. The van der Waals surface area contributed by atoms with Crippen molar-refractivity contribution in [3.05, 3.63) is 84.1 Å². The molecule has 6 rings (SSSR count). The molecule has 2 aromatic heterocycles. The van der Waals surface area contributed by atoms with E-state index in [-0.39, 0.29) is 125 Å². The molecule has 0 saturated carbocycles. The van der Waals surface area contributed by atoms with Gasteiger partial charge in [-0.05, 0) is 136 Å². The highest BCUT2D eigenvalue weighted by Crippen LogP contribution is 2.25. The Hall–Kier alpha value is -13.4. The Labute approximate surface area is 834 Å². The predicted molar refractivity (Wildman–Crippen MR) is 526 cm³/mol. The van der Waals surface area contributed by atoms with Gasteiger partial charge in [0, 0.05) is 73.6 Å². The van der Waals surface area contributed by atoms with Gasteiger partial charge in [0.2, 0.25) is 112 Å². The Morgan fingerprint density at radius 1 is 0.521 bits per heavy atom. The molecule has 782 valence electrons. The summed E-state index contributed by atoms with van der Waals surface area (Å²) in [6, 6.07) is -8.94. The van der Waals surface area contributed by atoms with Gasteiger partial charge in [0.25, 0.3) is 0 Å². The van der Waals surface area contributed by atoms with Crippen LogP contribution in [0.15, 0.2) is 67.3 Å². The largest absolute Gasteiger partial charge is 0.508 e. The van der Waals surface area contributed by atoms with Gasteiger partial charge in [-0.2, -0.15) is 36.2 Å². The smallest absolute Gasteiger partial charge is 0.322 e. The number of guanidine groups is 1. The number of rotatable bonds is 59. The normalized spacial score (nSPS) is 16.5. The summed E-state index contributed by atoms with van der Waals surface area (Å²) in [6.45, 7) is 9.82. The summed E-state index contributed by atoms with van der Waals surface area (Å²) in [5.41, 5.74) is 18.7. The van der Waals surface area contributed by atoms with Crippen LogP contribution in [0.5, 0.6) is 5.75 Å². The highest BCUT2D eigenvalue weighted by Gasteiger charge is 2.44. The van der Waals surface area contributed by atoms with Crippen molar-refractivity contribution in [2.75, 3.05) is 75.6 Å². The van der Waals surface area contributed by atoms with Crippen molar-refractivity contribution < 1.29 is 111 Å². The van der Waals surface area contributed by atoms with Crippen LogP contribution in [-0.4, -0.2) is 337 Å². The van der Waals surface area contributed by atoms with Gasteiger partial charge in [0.15, 0.2) is 5.96 Å². The molecular formula is C90H136N26O23S3. The first-order chi connectivity index (χ1) is 67.3. The summed E-state index contributed by atoms with van der Waals surface area (Å²) in [6.07, 6.45) is 5.59. The number of hydrogen-bond donors (Lipinski definition) is 27. The molecule has 49 nitrogen and oxygen atoms in total. The van der Waals surface area contributed by atoms with Crippen molar-refractivity contribution in [2.45, 2.75) is 236 Å². The minimum atomic E-state index is -1.85. The molecule has 2 aromatic carbocycles. The first-order valence-corrected chi connectivity index (χ1v) is 50.0. The van der Waals surface area contributed by atoms with Gasteiger partial charge in [-0.25, -0.2) is 4.98 Å². The number of aliphatic hydroxyl groups is 1. The molecule has 0 bridgehead atoms. The lowest BCUT2D eigenvalue weighted by Crippen LogP contribution is -2.63. The van der Waals surface area contributed by atoms with E-state index in [1.54, 1.807) is 84.5 Å². The third kappa shape index (κ3) is 37.6. The van der Waals surface area contributed by atoms with Crippen LogP contribution in [0.2, 0.25) is 0 Å². The van der Waals surface area contributed by atoms with Crippen molar-refractivity contribution in [1.82, 2.24) is 115 Å². The van der Waals surface area contributed by atoms with E-state index in [0.29, 0.717) is 34.1 Å². The fourth-order valence-corrected chi connectivity index (χ4v) is 16.5. The number of fused-ring (bicyclic) bond motifs is 1. The number of nitrogens with one attached hydrogen (secondary N) is 20. The van der Waals surface area contributed by atoms with Crippen LogP contribution < -0.4 is 108 Å². The first kappa shape index (κ1) is 117. The van der Waals surface area contributed by atoms with Crippen LogP contribution in [0.25, 0.3) is 10.9 Å². The number of thioether (sulfide) groups is 2. The average Bonchev–Trinajstić information content (AvgIpc) is 1.37. The Balaban J connectivity index is 1.12. The number of nitrogens with zero attached hydrogens (tertiary/aromatic N) is 3. The number of phenolic OH excluding ortho intramolecular Hbond substituents is 1. The number of phenols is 1. The molecule has 142 heavy (non-hydrogen) atoms. The van der Waals surface area contributed by atoms with Crippen molar-refractivity contribution in [3.8, 4) is 5.75 Å². The molecule has 2 aliphatic rings. The van der Waals surface area contributed by atoms with Gasteiger partial charge < -0.3 is 143 Å². The number of thiol groups is 1. The van der Waals surface area contributed by atoms with Gasteiger partial charge in [0.05, 0.1) is 44.5 Å². The van der Waals surface area contributed by atoms with Gasteiger partial charge in [-0.3, -0.25) is 101 Å². The topological polar surface area (TPSA) is 759 Å². The van der Waals surface area contributed by atoms with E-state index in [9.17, 15) is 106 Å². The zero-order valence-corrected chi connectivity index (χ0v) is 83.5. The molecule has 0 spiro atoms. The van der Waals surface area contributed by atoms with E-state index in [1.807, 2.05) is 0 Å². The molecule has 19 amide bonds. The van der Waals surface area contributed by atoms with E-state index in [2.05, 4.69) is 118 Å². The second kappa shape index (κ2) is 58.8. The first-order valence-electron chi connectivity index (χ1n) is 46.5. The number of primary amides is 1. The van der Waals surface area contributed by atoms with Crippen LogP contribution in [-0.2, 0) is 115 Å². The lowest BCUT2D eigenvalue weighted by Gasteiger charge is -2.31. The van der Waals surface area contributed by atoms with E-state index in [1.165, 1.54) is 84.0 Å². The summed E-state index contributed by atoms with van der Waals surface area (Å²) >= 11 is 6.96. The SMILES string of the molecule is CC[C@H](C)[C@H](NC(=O)[C@@H]1CCCN1C(=O)CNC(=O)[C@H](CCSC)NC(=O)[C@H](Cc1cnc[nH]1)NC(=O)[C@H](C)NC(=O)[C@H](CCSC)NC(=O)[C@H](Cc1ccc(O)cc1)NC(=O)[C@H](CC(N)=O)NC(=O)CNC(=O)[C@@H](N)C(C)C)C(=O)N[C@H](C(=O)N[C@@H](Cc1c[nH]c2ccccc12)C(=O)N[C@H](C(=O)N[C@@H](CS)C(=O)N[C@@H](CCCNC(=N)N)C(=O)N1CCC[C@H]1C(=O)NCC(=O)NCC(=O)O)C(C)C)[C@@H](C)O.